The molecule has 0 unspecified atom stereocenters. The SMILES string of the molecule is Cc1cc(C)c(S(=O)(=O)C(=[N+]=[N-])S(=O)(=O)c2cc(C)c(C)cc2C)cc1C. The molecule has 0 aliphatic carbocycles. The second-order valence-electron chi connectivity index (χ2n) is 6.78. The van der Waals surface area contributed by atoms with Crippen molar-refractivity contribution in [2.24, 2.45) is 0 Å². The molecule has 0 bridgehead atoms. The van der Waals surface area contributed by atoms with E-state index >= 15 is 0 Å². The van der Waals surface area contributed by atoms with Crippen LogP contribution in [-0.2, 0) is 19.7 Å². The molecule has 0 aliphatic rings. The van der Waals surface area contributed by atoms with Crippen molar-refractivity contribution in [3.8, 4) is 0 Å². The summed E-state index contributed by atoms with van der Waals surface area (Å²) in [6, 6.07) is 6.11. The van der Waals surface area contributed by atoms with Crippen molar-refractivity contribution in [1.82, 2.24) is 0 Å². The van der Waals surface area contributed by atoms with Crippen LogP contribution in [-0.4, -0.2) is 26.0 Å². The van der Waals surface area contributed by atoms with Crippen molar-refractivity contribution in [2.45, 2.75) is 51.3 Å². The van der Waals surface area contributed by atoms with Crippen LogP contribution in [0.1, 0.15) is 33.4 Å². The number of hydrogen-bond donors (Lipinski definition) is 0. The van der Waals surface area contributed by atoms with Crippen LogP contribution in [0.15, 0.2) is 34.1 Å². The van der Waals surface area contributed by atoms with Gasteiger partial charge in [-0.15, -0.1) is 4.79 Å². The number of nitrogens with zero attached hydrogens (tertiary/aromatic N) is 2. The van der Waals surface area contributed by atoms with E-state index in [9.17, 15) is 22.4 Å². The van der Waals surface area contributed by atoms with Crippen molar-refractivity contribution in [1.29, 1.82) is 0 Å². The molecule has 0 saturated heterocycles. The second kappa shape index (κ2) is 7.03. The number of rotatable bonds is 2. The zero-order chi connectivity index (χ0) is 20.7. The summed E-state index contributed by atoms with van der Waals surface area (Å²) in [5, 5.41) is 0. The van der Waals surface area contributed by atoms with Crippen molar-refractivity contribution < 1.29 is 21.6 Å². The minimum absolute atomic E-state index is 0.191. The standard InChI is InChI=1S/C19H22N2O4S2/c1-11-7-15(5)17(9-13(11)3)26(22,23)19(21-20)27(24,25)18-10-14(4)12(2)8-16(18)6/h7-10H,1-6H3. The Bertz CT molecular complexity index is 1120. The third-order valence-corrected chi connectivity index (χ3v) is 9.14. The van der Waals surface area contributed by atoms with Crippen LogP contribution in [0.2, 0.25) is 0 Å². The minimum atomic E-state index is -4.55. The molecule has 27 heavy (non-hydrogen) atoms. The van der Waals surface area contributed by atoms with Crippen molar-refractivity contribution in [3.05, 3.63) is 63.2 Å². The Hall–Kier alpha value is -2.28. The van der Waals surface area contributed by atoms with E-state index in [0.717, 1.165) is 11.1 Å². The van der Waals surface area contributed by atoms with E-state index < -0.39 is 24.1 Å². The fourth-order valence-corrected chi connectivity index (χ4v) is 6.80. The highest BCUT2D eigenvalue weighted by atomic mass is 32.3. The van der Waals surface area contributed by atoms with Gasteiger partial charge in [-0.05, 0) is 87.1 Å². The molecule has 0 fully saturated rings. The van der Waals surface area contributed by atoms with Crippen LogP contribution in [0.5, 0.6) is 0 Å². The van der Waals surface area contributed by atoms with Gasteiger partial charge in [0.25, 0.3) is 19.7 Å². The molecule has 144 valence electrons. The van der Waals surface area contributed by atoms with Crippen LogP contribution < -0.4 is 0 Å². The Kier molecular flexibility index (Phi) is 5.48. The predicted molar refractivity (Wildman–Crippen MR) is 104 cm³/mol. The number of aryl methyl sites for hydroxylation is 6. The second-order valence-corrected chi connectivity index (χ2v) is 10.7. The monoisotopic (exact) mass is 406 g/mol. The van der Waals surface area contributed by atoms with Gasteiger partial charge >= 0.3 is 4.38 Å². The molecule has 0 amide bonds. The molecule has 2 rings (SSSR count). The van der Waals surface area contributed by atoms with Crippen molar-refractivity contribution >= 4 is 24.1 Å². The lowest BCUT2D eigenvalue weighted by Gasteiger charge is -2.11. The lowest BCUT2D eigenvalue weighted by molar-refractivity contribution is 0.00379. The first-order valence-corrected chi connectivity index (χ1v) is 11.2. The number of sulfone groups is 2. The summed E-state index contributed by atoms with van der Waals surface area (Å²) >= 11 is 0. The molecule has 0 saturated carbocycles. The lowest BCUT2D eigenvalue weighted by atomic mass is 10.1. The highest BCUT2D eigenvalue weighted by Gasteiger charge is 2.45. The fraction of sp³-hybridized carbons (Fsp3) is 0.316. The first-order valence-electron chi connectivity index (χ1n) is 8.22. The van der Waals surface area contributed by atoms with Crippen LogP contribution in [0.25, 0.3) is 5.53 Å². The average molecular weight is 407 g/mol. The largest absolute Gasteiger partial charge is 0.504 e. The molecule has 0 aliphatic heterocycles. The van der Waals surface area contributed by atoms with Gasteiger partial charge in [-0.3, -0.25) is 0 Å². The molecule has 0 N–H and O–H groups in total. The summed E-state index contributed by atoms with van der Waals surface area (Å²) in [6.07, 6.45) is 0. The number of hydrogen-bond acceptors (Lipinski definition) is 4. The summed E-state index contributed by atoms with van der Waals surface area (Å²) in [5.41, 5.74) is 13.3. The van der Waals surface area contributed by atoms with Crippen molar-refractivity contribution in [3.63, 3.8) is 0 Å². The quantitative estimate of drug-likeness (QED) is 0.330. The molecule has 0 aromatic heterocycles. The Balaban J connectivity index is 2.79. The maximum Gasteiger partial charge on any atom is 0.504 e. The highest BCUT2D eigenvalue weighted by molar-refractivity contribution is 8.31. The maximum absolute atomic E-state index is 13.1. The summed E-state index contributed by atoms with van der Waals surface area (Å²) in [5.74, 6) is 0. The summed E-state index contributed by atoms with van der Waals surface area (Å²) in [4.78, 5) is 2.33. The Morgan fingerprint density at radius 1 is 0.630 bits per heavy atom. The van der Waals surface area contributed by atoms with Crippen LogP contribution in [0, 0.1) is 41.5 Å². The zero-order valence-electron chi connectivity index (χ0n) is 16.2. The van der Waals surface area contributed by atoms with Gasteiger partial charge in [0.05, 0.1) is 9.79 Å². The van der Waals surface area contributed by atoms with E-state index in [1.165, 1.54) is 12.1 Å². The molecule has 8 heteroatoms. The lowest BCUT2D eigenvalue weighted by Crippen LogP contribution is -2.27. The Morgan fingerprint density at radius 2 is 0.926 bits per heavy atom. The Labute approximate surface area is 160 Å². The van der Waals surface area contributed by atoms with Gasteiger partial charge in [0.2, 0.25) is 0 Å². The summed E-state index contributed by atoms with van der Waals surface area (Å²) < 4.78 is 51.0. The molecule has 0 radical (unpaired) electrons. The highest BCUT2D eigenvalue weighted by Crippen LogP contribution is 2.28. The average Bonchev–Trinajstić information content (AvgIpc) is 2.54. The van der Waals surface area contributed by atoms with E-state index in [-0.39, 0.29) is 9.79 Å². The first-order chi connectivity index (χ1) is 12.3. The zero-order valence-corrected chi connectivity index (χ0v) is 17.8. The van der Waals surface area contributed by atoms with Gasteiger partial charge in [-0.1, -0.05) is 12.1 Å². The van der Waals surface area contributed by atoms with E-state index in [2.05, 4.69) is 4.79 Å². The van der Waals surface area contributed by atoms with Crippen LogP contribution in [0.3, 0.4) is 0 Å². The molecule has 0 atom stereocenters. The van der Waals surface area contributed by atoms with Gasteiger partial charge in [0, 0.05) is 0 Å². The topological polar surface area (TPSA) is 105 Å². The molecule has 2 aromatic carbocycles. The molecule has 2 aromatic rings. The van der Waals surface area contributed by atoms with Gasteiger partial charge in [0.15, 0.2) is 0 Å². The first kappa shape index (κ1) is 21.0. The van der Waals surface area contributed by atoms with Gasteiger partial charge in [-0.25, -0.2) is 16.8 Å². The van der Waals surface area contributed by atoms with Gasteiger partial charge in [0.1, 0.15) is 0 Å². The third kappa shape index (κ3) is 3.60. The fourth-order valence-electron chi connectivity index (χ4n) is 2.89. The van der Waals surface area contributed by atoms with Crippen molar-refractivity contribution in [2.75, 3.05) is 0 Å². The molecule has 0 heterocycles. The molecular weight excluding hydrogens is 384 g/mol. The maximum atomic E-state index is 13.1. The third-order valence-electron chi connectivity index (χ3n) is 4.70. The van der Waals surface area contributed by atoms with E-state index in [4.69, 9.17) is 0 Å². The molecule has 0 spiro atoms. The molecule has 6 nitrogen and oxygen atoms in total. The Morgan fingerprint density at radius 3 is 1.22 bits per heavy atom. The van der Waals surface area contributed by atoms with E-state index in [1.54, 1.807) is 39.8 Å². The summed E-state index contributed by atoms with van der Waals surface area (Å²) in [6.45, 7) is 10.3. The smallest absolute Gasteiger partial charge is 0.359 e. The van der Waals surface area contributed by atoms with Crippen LogP contribution >= 0.6 is 0 Å². The van der Waals surface area contributed by atoms with Gasteiger partial charge in [-0.2, -0.15) is 0 Å². The van der Waals surface area contributed by atoms with Crippen LogP contribution in [0.4, 0.5) is 0 Å². The molecular formula is C19H22N2O4S2. The summed E-state index contributed by atoms with van der Waals surface area (Å²) in [7, 11) is -9.11. The van der Waals surface area contributed by atoms with E-state index in [1.807, 2.05) is 13.8 Å². The van der Waals surface area contributed by atoms with E-state index in [0.29, 0.717) is 22.3 Å². The minimum Gasteiger partial charge on any atom is -0.359 e. The number of benzene rings is 2. The van der Waals surface area contributed by atoms with Gasteiger partial charge < -0.3 is 5.53 Å². The predicted octanol–water partition coefficient (Wildman–Crippen LogP) is 3.37. The normalized spacial score (nSPS) is 11.9.